The molecule has 4 rings (SSSR count). The minimum Gasteiger partial charge on any atom is -0.344 e. The zero-order valence-corrected chi connectivity index (χ0v) is 23.9. The Morgan fingerprint density at radius 2 is 1.34 bits per heavy atom. The molecule has 200 valence electrons. The molecule has 2 aromatic carbocycles. The quantitative estimate of drug-likeness (QED) is 0.238. The van der Waals surface area contributed by atoms with Crippen molar-refractivity contribution in [2.75, 3.05) is 14.1 Å². The van der Waals surface area contributed by atoms with Gasteiger partial charge in [-0.3, -0.25) is 4.79 Å². The van der Waals surface area contributed by atoms with Crippen molar-refractivity contribution in [3.05, 3.63) is 71.0 Å². The van der Waals surface area contributed by atoms with Crippen LogP contribution in [-0.4, -0.2) is 55.8 Å². The average molecular weight is 533 g/mol. The third kappa shape index (κ3) is 6.17. The smallest absolute Gasteiger partial charge is 0.222 e. The van der Waals surface area contributed by atoms with E-state index in [4.69, 9.17) is 16.6 Å². The number of aromatic amines is 2. The van der Waals surface area contributed by atoms with Gasteiger partial charge in [0.2, 0.25) is 5.91 Å². The molecule has 7 nitrogen and oxygen atoms in total. The third-order valence-electron chi connectivity index (χ3n) is 6.82. The van der Waals surface area contributed by atoms with Crippen LogP contribution in [0.3, 0.4) is 0 Å². The summed E-state index contributed by atoms with van der Waals surface area (Å²) in [5.41, 5.74) is 6.92. The van der Waals surface area contributed by atoms with E-state index in [1.807, 2.05) is 37.7 Å². The number of amides is 1. The number of benzene rings is 2. The van der Waals surface area contributed by atoms with Gasteiger partial charge < -0.3 is 19.8 Å². The predicted octanol–water partition coefficient (Wildman–Crippen LogP) is 6.69. The molecule has 0 aliphatic heterocycles. The summed E-state index contributed by atoms with van der Waals surface area (Å²) >= 11 is 6.42. The van der Waals surface area contributed by atoms with Crippen LogP contribution in [0.5, 0.6) is 0 Å². The van der Waals surface area contributed by atoms with Gasteiger partial charge in [0.1, 0.15) is 22.5 Å². The second-order valence-corrected chi connectivity index (χ2v) is 10.4. The number of nitrogens with zero attached hydrogens (tertiary/aromatic N) is 4. The van der Waals surface area contributed by atoms with Crippen LogP contribution in [-0.2, 0) is 17.9 Å². The molecule has 0 aliphatic rings. The summed E-state index contributed by atoms with van der Waals surface area (Å²) < 4.78 is 0. The summed E-state index contributed by atoms with van der Waals surface area (Å²) in [6.07, 6.45) is 1.40. The molecule has 0 aliphatic carbocycles. The number of rotatable bonds is 10. The molecule has 0 saturated carbocycles. The van der Waals surface area contributed by atoms with Crippen molar-refractivity contribution >= 4 is 17.5 Å². The first-order valence-electron chi connectivity index (χ1n) is 13.1. The number of hydrogen-bond donors (Lipinski definition) is 2. The van der Waals surface area contributed by atoms with Gasteiger partial charge in [0.25, 0.3) is 0 Å². The Morgan fingerprint density at radius 1 is 0.842 bits per heavy atom. The molecular formula is C30H37ClN6O. The summed E-state index contributed by atoms with van der Waals surface area (Å²) in [6, 6.07) is 16.9. The Labute approximate surface area is 230 Å². The topological polar surface area (TPSA) is 80.9 Å². The fourth-order valence-electron chi connectivity index (χ4n) is 4.56. The highest BCUT2D eigenvalue weighted by Crippen LogP contribution is 2.30. The number of hydrogen-bond acceptors (Lipinski definition) is 4. The first-order chi connectivity index (χ1) is 18.2. The van der Waals surface area contributed by atoms with E-state index in [0.29, 0.717) is 24.7 Å². The average Bonchev–Trinajstić information content (AvgIpc) is 3.47. The SMILES string of the molecule is CCC(=O)N(Cc1nc(-c2ccc(-c3ccc(-c4nc(CN(C)C)[nH]c4Cl)cc3)cc2)c(C)[nH]1)C(C)CC. The number of nitrogens with one attached hydrogen (secondary N) is 2. The summed E-state index contributed by atoms with van der Waals surface area (Å²) in [6.45, 7) is 9.31. The summed E-state index contributed by atoms with van der Waals surface area (Å²) in [4.78, 5) is 32.5. The third-order valence-corrected chi connectivity index (χ3v) is 7.10. The van der Waals surface area contributed by atoms with E-state index in [1.54, 1.807) is 0 Å². The van der Waals surface area contributed by atoms with Crippen LogP contribution in [0.15, 0.2) is 48.5 Å². The Kier molecular flexibility index (Phi) is 8.69. The van der Waals surface area contributed by atoms with Gasteiger partial charge in [-0.2, -0.15) is 0 Å². The standard InChI is InChI=1S/C30H37ClN6O/c1-7-19(3)37(27(38)8-2)18-26-32-20(4)28(33-26)23-13-9-21(10-14-23)22-11-15-24(16-12-22)29-30(31)35-25(34-29)17-36(5)6/h9-16,19H,7-8,17-18H2,1-6H3,(H,32,33)(H,34,35). The lowest BCUT2D eigenvalue weighted by molar-refractivity contribution is -0.133. The van der Waals surface area contributed by atoms with Crippen LogP contribution >= 0.6 is 11.6 Å². The van der Waals surface area contributed by atoms with E-state index in [0.717, 1.165) is 57.4 Å². The lowest BCUT2D eigenvalue weighted by Gasteiger charge is -2.27. The Morgan fingerprint density at radius 3 is 1.87 bits per heavy atom. The second-order valence-electron chi connectivity index (χ2n) is 10.0. The van der Waals surface area contributed by atoms with E-state index >= 15 is 0 Å². The molecule has 0 fully saturated rings. The van der Waals surface area contributed by atoms with Crippen molar-refractivity contribution in [1.29, 1.82) is 0 Å². The zero-order valence-electron chi connectivity index (χ0n) is 23.1. The molecule has 0 spiro atoms. The molecule has 8 heteroatoms. The first kappa shape index (κ1) is 27.6. The van der Waals surface area contributed by atoms with E-state index in [9.17, 15) is 4.79 Å². The van der Waals surface area contributed by atoms with Crippen molar-refractivity contribution in [3.63, 3.8) is 0 Å². The number of carbonyl (C=O) groups excluding carboxylic acids is 1. The van der Waals surface area contributed by atoms with Crippen LogP contribution in [0.25, 0.3) is 33.6 Å². The lowest BCUT2D eigenvalue weighted by atomic mass is 10.0. The Hall–Kier alpha value is -3.42. The first-order valence-corrected chi connectivity index (χ1v) is 13.5. The van der Waals surface area contributed by atoms with Gasteiger partial charge in [0.15, 0.2) is 0 Å². The monoisotopic (exact) mass is 532 g/mol. The van der Waals surface area contributed by atoms with Gasteiger partial charge in [-0.25, -0.2) is 9.97 Å². The van der Waals surface area contributed by atoms with E-state index in [2.05, 4.69) is 77.3 Å². The molecule has 4 aromatic rings. The fraction of sp³-hybridized carbons (Fsp3) is 0.367. The highest BCUT2D eigenvalue weighted by atomic mass is 35.5. The number of carbonyl (C=O) groups is 1. The van der Waals surface area contributed by atoms with Crippen molar-refractivity contribution < 1.29 is 4.79 Å². The lowest BCUT2D eigenvalue weighted by Crippen LogP contribution is -2.37. The van der Waals surface area contributed by atoms with Gasteiger partial charge in [0, 0.05) is 29.3 Å². The van der Waals surface area contributed by atoms with Crippen LogP contribution < -0.4 is 0 Å². The summed E-state index contributed by atoms with van der Waals surface area (Å²) in [5.74, 6) is 1.80. The minimum absolute atomic E-state index is 0.147. The molecule has 0 radical (unpaired) electrons. The van der Waals surface area contributed by atoms with Crippen LogP contribution in [0.4, 0.5) is 0 Å². The van der Waals surface area contributed by atoms with Crippen molar-refractivity contribution in [1.82, 2.24) is 29.7 Å². The van der Waals surface area contributed by atoms with Crippen molar-refractivity contribution in [3.8, 4) is 33.6 Å². The van der Waals surface area contributed by atoms with Crippen molar-refractivity contribution in [2.24, 2.45) is 0 Å². The highest BCUT2D eigenvalue weighted by molar-refractivity contribution is 6.31. The van der Waals surface area contributed by atoms with Gasteiger partial charge in [0.05, 0.1) is 18.8 Å². The van der Waals surface area contributed by atoms with Crippen LogP contribution in [0.2, 0.25) is 5.15 Å². The molecule has 2 heterocycles. The number of aromatic nitrogens is 4. The summed E-state index contributed by atoms with van der Waals surface area (Å²) in [5, 5.41) is 0.555. The molecule has 2 N–H and O–H groups in total. The van der Waals surface area contributed by atoms with Gasteiger partial charge in [-0.1, -0.05) is 74.0 Å². The molecular weight excluding hydrogens is 496 g/mol. The normalized spacial score (nSPS) is 12.2. The minimum atomic E-state index is 0.147. The number of imidazole rings is 2. The van der Waals surface area contributed by atoms with Crippen molar-refractivity contribution in [2.45, 2.75) is 59.7 Å². The highest BCUT2D eigenvalue weighted by Gasteiger charge is 2.20. The Bertz CT molecular complexity index is 1370. The number of H-pyrrole nitrogens is 2. The van der Waals surface area contributed by atoms with E-state index in [1.165, 1.54) is 0 Å². The van der Waals surface area contributed by atoms with E-state index < -0.39 is 0 Å². The zero-order chi connectivity index (χ0) is 27.4. The molecule has 38 heavy (non-hydrogen) atoms. The maximum atomic E-state index is 12.5. The molecule has 1 amide bonds. The molecule has 1 atom stereocenters. The Balaban J connectivity index is 1.50. The largest absolute Gasteiger partial charge is 0.344 e. The maximum absolute atomic E-state index is 12.5. The van der Waals surface area contributed by atoms with Gasteiger partial charge in [-0.05, 0) is 45.5 Å². The van der Waals surface area contributed by atoms with Gasteiger partial charge in [-0.15, -0.1) is 0 Å². The molecule has 0 saturated heterocycles. The van der Waals surface area contributed by atoms with Crippen LogP contribution in [0.1, 0.15) is 51.0 Å². The second kappa shape index (κ2) is 12.0. The molecule has 0 bridgehead atoms. The predicted molar refractivity (Wildman–Crippen MR) is 155 cm³/mol. The molecule has 2 aromatic heterocycles. The van der Waals surface area contributed by atoms with E-state index in [-0.39, 0.29) is 11.9 Å². The number of aryl methyl sites for hydroxylation is 1. The summed E-state index contributed by atoms with van der Waals surface area (Å²) in [7, 11) is 4.00. The number of halogens is 1. The van der Waals surface area contributed by atoms with Crippen LogP contribution in [0, 0.1) is 6.92 Å². The van der Waals surface area contributed by atoms with Gasteiger partial charge >= 0.3 is 0 Å². The molecule has 1 unspecified atom stereocenters. The maximum Gasteiger partial charge on any atom is 0.222 e. The fourth-order valence-corrected chi connectivity index (χ4v) is 4.82.